The molecule has 3 N–H and O–H groups in total. The second-order valence-corrected chi connectivity index (χ2v) is 22.8. The lowest BCUT2D eigenvalue weighted by atomic mass is 10.0. The van der Waals surface area contributed by atoms with Gasteiger partial charge in [0.05, 0.1) is 17.3 Å². The number of ether oxygens (including phenoxy) is 2. The fourth-order valence-corrected chi connectivity index (χ4v) is 9.11. The molecular weight excluding hydrogens is 777 g/mol. The van der Waals surface area contributed by atoms with Gasteiger partial charge in [0.1, 0.15) is 18.5 Å². The molecule has 1 fully saturated rings. The lowest BCUT2D eigenvalue weighted by Crippen LogP contribution is -2.43. The molecule has 0 saturated carbocycles. The molecule has 9 nitrogen and oxygen atoms in total. The number of hydrogen-bond donors (Lipinski definition) is 3. The summed E-state index contributed by atoms with van der Waals surface area (Å²) in [5.41, 5.74) is 5.51. The van der Waals surface area contributed by atoms with E-state index in [1.54, 1.807) is 6.07 Å². The number of anilines is 1. The number of fused-ring (bicyclic) bond motifs is 1. The van der Waals surface area contributed by atoms with E-state index in [0.29, 0.717) is 24.4 Å². The highest BCUT2D eigenvalue weighted by atomic mass is 28.4. The maximum atomic E-state index is 12.8. The molecule has 5 aromatic rings. The molecule has 0 unspecified atom stereocenters. The summed E-state index contributed by atoms with van der Waals surface area (Å²) in [6, 6.07) is 35.6. The smallest absolute Gasteiger partial charge is 0.411 e. The Balaban J connectivity index is 0.878. The zero-order valence-electron chi connectivity index (χ0n) is 37.1. The van der Waals surface area contributed by atoms with E-state index in [9.17, 15) is 9.59 Å². The van der Waals surface area contributed by atoms with Crippen molar-refractivity contribution in [2.75, 3.05) is 38.0 Å². The minimum absolute atomic E-state index is 0.0473. The number of aromatic amines is 1. The maximum Gasteiger partial charge on any atom is 0.411 e. The minimum atomic E-state index is -2.13. The van der Waals surface area contributed by atoms with Crippen LogP contribution in [0, 0.1) is 0 Å². The molecule has 1 atom stereocenters. The van der Waals surface area contributed by atoms with E-state index in [1.165, 1.54) is 38.5 Å². The molecule has 0 bridgehead atoms. The van der Waals surface area contributed by atoms with Crippen LogP contribution in [0.4, 0.5) is 10.5 Å². The highest BCUT2D eigenvalue weighted by Crippen LogP contribution is 2.41. The van der Waals surface area contributed by atoms with Crippen LogP contribution in [0.2, 0.25) is 18.1 Å². The van der Waals surface area contributed by atoms with Crippen LogP contribution in [0.15, 0.2) is 114 Å². The molecule has 1 aliphatic heterocycles. The van der Waals surface area contributed by atoms with Crippen LogP contribution < -0.4 is 20.9 Å². The van der Waals surface area contributed by atoms with Gasteiger partial charge in [-0.05, 0) is 91.8 Å². The predicted molar refractivity (Wildman–Crippen MR) is 253 cm³/mol. The first-order valence-electron chi connectivity index (χ1n) is 22.5. The molecule has 1 saturated heterocycles. The minimum Gasteiger partial charge on any atom is -0.487 e. The summed E-state index contributed by atoms with van der Waals surface area (Å²) in [4.78, 5) is 30.9. The molecular formula is C51H68N4O5Si. The second kappa shape index (κ2) is 22.4. The van der Waals surface area contributed by atoms with Gasteiger partial charge in [-0.15, -0.1) is 0 Å². The number of aromatic nitrogens is 1. The van der Waals surface area contributed by atoms with E-state index in [2.05, 4.69) is 60.4 Å². The topological polar surface area (TPSA) is 105 Å². The zero-order valence-corrected chi connectivity index (χ0v) is 38.1. The Labute approximate surface area is 364 Å². The van der Waals surface area contributed by atoms with Gasteiger partial charge in [-0.1, -0.05) is 138 Å². The number of H-pyrrole nitrogens is 1. The summed E-state index contributed by atoms with van der Waals surface area (Å²) >= 11 is 0. The number of hydrogen-bond acceptors (Lipinski definition) is 7. The standard InChI is InChI=1S/C51H68N4O5Si/c1-51(2,3)61(4,5)60-47(43-27-29-46(49-44(43)28-30-48(56)54-49)58-38-39-21-13-11-14-22-39)37-52-33-19-9-7-6-8-10-20-34-55-35-31-41(32-36-55)59-50(57)53-45-26-18-17-25-42(45)40-23-15-12-16-24-40/h11-18,21-30,41,47,52H,6-10,19-20,31-38H2,1-5H3,(H,53,57)(H,54,56)/t47-/m1/s1. The average Bonchev–Trinajstić information content (AvgIpc) is 3.25. The third-order valence-corrected chi connectivity index (χ3v) is 16.9. The Morgan fingerprint density at radius 1 is 0.803 bits per heavy atom. The maximum absolute atomic E-state index is 12.8. The Morgan fingerprint density at radius 2 is 1.46 bits per heavy atom. The van der Waals surface area contributed by atoms with E-state index < -0.39 is 8.32 Å². The number of piperidine rings is 1. The van der Waals surface area contributed by atoms with Crippen LogP contribution in [0.5, 0.6) is 5.75 Å². The first kappa shape index (κ1) is 45.8. The van der Waals surface area contributed by atoms with Gasteiger partial charge in [0.15, 0.2) is 8.32 Å². The van der Waals surface area contributed by atoms with Gasteiger partial charge in [-0.25, -0.2) is 4.79 Å². The summed E-state index contributed by atoms with van der Waals surface area (Å²) in [6.45, 7) is 16.5. The van der Waals surface area contributed by atoms with Crippen LogP contribution in [0.3, 0.4) is 0 Å². The molecule has 0 spiro atoms. The first-order chi connectivity index (χ1) is 29.5. The summed E-state index contributed by atoms with van der Waals surface area (Å²) in [5, 5.41) is 7.72. The van der Waals surface area contributed by atoms with Crippen molar-refractivity contribution >= 4 is 31.0 Å². The first-order valence-corrected chi connectivity index (χ1v) is 25.4. The molecule has 10 heteroatoms. The van der Waals surface area contributed by atoms with Gasteiger partial charge in [0.25, 0.3) is 0 Å². The van der Waals surface area contributed by atoms with E-state index in [4.69, 9.17) is 13.9 Å². The number of pyridine rings is 1. The van der Waals surface area contributed by atoms with Crippen molar-refractivity contribution in [1.29, 1.82) is 0 Å². The molecule has 1 aliphatic rings. The van der Waals surface area contributed by atoms with E-state index in [0.717, 1.165) is 78.8 Å². The number of unbranched alkanes of at least 4 members (excludes halogenated alkanes) is 6. The van der Waals surface area contributed by atoms with Crippen molar-refractivity contribution in [3.63, 3.8) is 0 Å². The monoisotopic (exact) mass is 844 g/mol. The number of likely N-dealkylation sites (tertiary alicyclic amines) is 1. The zero-order chi connectivity index (χ0) is 43.1. The predicted octanol–water partition coefficient (Wildman–Crippen LogP) is 11.9. The summed E-state index contributed by atoms with van der Waals surface area (Å²) in [7, 11) is -2.13. The fourth-order valence-electron chi connectivity index (χ4n) is 7.84. The lowest BCUT2D eigenvalue weighted by Gasteiger charge is -2.39. The largest absolute Gasteiger partial charge is 0.487 e. The second-order valence-electron chi connectivity index (χ2n) is 18.1. The summed E-state index contributed by atoms with van der Waals surface area (Å²) in [6.07, 6.45) is 9.72. The number of benzene rings is 4. The van der Waals surface area contributed by atoms with Crippen molar-refractivity contribution in [3.8, 4) is 16.9 Å². The third-order valence-electron chi connectivity index (χ3n) is 12.4. The fraction of sp³-hybridized carbons (Fsp3) is 0.451. The molecule has 6 rings (SSSR count). The lowest BCUT2D eigenvalue weighted by molar-refractivity contribution is 0.0584. The molecule has 326 valence electrons. The molecule has 0 radical (unpaired) electrons. The normalized spacial score (nSPS) is 14.5. The summed E-state index contributed by atoms with van der Waals surface area (Å²) < 4.78 is 19.2. The van der Waals surface area contributed by atoms with Crippen molar-refractivity contribution in [2.24, 2.45) is 0 Å². The molecule has 1 aromatic heterocycles. The number of carbonyl (C=O) groups excluding carboxylic acids is 1. The average molecular weight is 845 g/mol. The Hall–Kier alpha value is -4.74. The van der Waals surface area contributed by atoms with Crippen LogP contribution >= 0.6 is 0 Å². The van der Waals surface area contributed by atoms with Gasteiger partial charge >= 0.3 is 6.09 Å². The van der Waals surface area contributed by atoms with Crippen LogP contribution in [0.25, 0.3) is 22.0 Å². The highest BCUT2D eigenvalue weighted by Gasteiger charge is 2.39. The highest BCUT2D eigenvalue weighted by molar-refractivity contribution is 6.74. The van der Waals surface area contributed by atoms with Crippen molar-refractivity contribution in [3.05, 3.63) is 131 Å². The van der Waals surface area contributed by atoms with Crippen LogP contribution in [-0.2, 0) is 15.8 Å². The summed E-state index contributed by atoms with van der Waals surface area (Å²) in [5.74, 6) is 0.662. The van der Waals surface area contributed by atoms with Crippen molar-refractivity contribution in [1.82, 2.24) is 15.2 Å². The van der Waals surface area contributed by atoms with Gasteiger partial charge in [-0.3, -0.25) is 10.1 Å². The molecule has 4 aromatic carbocycles. The molecule has 2 heterocycles. The van der Waals surface area contributed by atoms with Crippen molar-refractivity contribution in [2.45, 2.75) is 116 Å². The van der Waals surface area contributed by atoms with Crippen LogP contribution in [-0.4, -0.2) is 63.1 Å². The molecule has 1 amide bonds. The van der Waals surface area contributed by atoms with Gasteiger partial charge in [0.2, 0.25) is 5.56 Å². The third kappa shape index (κ3) is 13.6. The molecule has 61 heavy (non-hydrogen) atoms. The van der Waals surface area contributed by atoms with Gasteiger partial charge < -0.3 is 29.1 Å². The Kier molecular flexibility index (Phi) is 16.8. The van der Waals surface area contributed by atoms with Gasteiger partial charge in [-0.2, -0.15) is 0 Å². The number of nitrogens with one attached hydrogen (secondary N) is 3. The number of carbonyl (C=O) groups is 1. The molecule has 0 aliphatic carbocycles. The van der Waals surface area contributed by atoms with E-state index in [1.807, 2.05) is 97.1 Å². The number of amides is 1. The number of para-hydroxylation sites is 1. The van der Waals surface area contributed by atoms with Crippen LogP contribution in [0.1, 0.15) is 95.8 Å². The number of nitrogens with zero attached hydrogens (tertiary/aromatic N) is 1. The Morgan fingerprint density at radius 3 is 2.18 bits per heavy atom. The number of rotatable bonds is 21. The van der Waals surface area contributed by atoms with E-state index >= 15 is 0 Å². The van der Waals surface area contributed by atoms with Gasteiger partial charge in [0, 0.05) is 36.7 Å². The Bertz CT molecular complexity index is 2160. The quantitative estimate of drug-likeness (QED) is 0.0499. The SMILES string of the molecule is CC(C)(C)[Si](C)(C)O[C@H](CNCCCCCCCCCN1CCC(OC(=O)Nc2ccccc2-c2ccccc2)CC1)c1ccc(OCc2ccccc2)c2[nH]c(=O)ccc12. The van der Waals surface area contributed by atoms with E-state index in [-0.39, 0.29) is 28.9 Å². The van der Waals surface area contributed by atoms with Crippen molar-refractivity contribution < 1.29 is 18.7 Å².